The van der Waals surface area contributed by atoms with Crippen molar-refractivity contribution in [3.8, 4) is 5.75 Å². The molecule has 2 N–H and O–H groups in total. The number of rotatable bonds is 6. The van der Waals surface area contributed by atoms with Gasteiger partial charge in [0.15, 0.2) is 6.79 Å². The van der Waals surface area contributed by atoms with Crippen LogP contribution in [0.3, 0.4) is 0 Å². The molecule has 0 radical (unpaired) electrons. The van der Waals surface area contributed by atoms with Crippen molar-refractivity contribution in [2.45, 2.75) is 32.7 Å². The smallest absolute Gasteiger partial charge is 0.188 e. The summed E-state index contributed by atoms with van der Waals surface area (Å²) in [6.45, 7) is 4.44. The Kier molecular flexibility index (Phi) is 5.29. The van der Waals surface area contributed by atoms with Gasteiger partial charge in [-0.05, 0) is 31.4 Å². The van der Waals surface area contributed by atoms with Crippen molar-refractivity contribution in [3.63, 3.8) is 0 Å². The lowest BCUT2D eigenvalue weighted by Gasteiger charge is -2.14. The third-order valence-electron chi connectivity index (χ3n) is 2.55. The van der Waals surface area contributed by atoms with E-state index in [4.69, 9.17) is 15.2 Å². The Hall–Kier alpha value is -1.06. The SMILES string of the molecule is CCC(N)Cc1cc(C)ccc1OCOC. The highest BCUT2D eigenvalue weighted by Gasteiger charge is 2.08. The Morgan fingerprint density at radius 1 is 1.38 bits per heavy atom. The molecule has 0 saturated heterocycles. The van der Waals surface area contributed by atoms with Crippen molar-refractivity contribution in [1.29, 1.82) is 0 Å². The number of nitrogens with two attached hydrogens (primary N) is 1. The first-order valence-electron chi connectivity index (χ1n) is 5.64. The molecule has 0 aromatic heterocycles. The van der Waals surface area contributed by atoms with Gasteiger partial charge in [-0.2, -0.15) is 0 Å². The highest BCUT2D eigenvalue weighted by Crippen LogP contribution is 2.21. The lowest BCUT2D eigenvalue weighted by atomic mass is 10.0. The van der Waals surface area contributed by atoms with Crippen LogP contribution >= 0.6 is 0 Å². The molecule has 0 saturated carbocycles. The molecular formula is C13H21NO2. The molecule has 3 heteroatoms. The molecule has 3 nitrogen and oxygen atoms in total. The molecule has 0 aliphatic rings. The minimum atomic E-state index is 0.187. The van der Waals surface area contributed by atoms with E-state index in [1.54, 1.807) is 7.11 Å². The van der Waals surface area contributed by atoms with E-state index in [2.05, 4.69) is 19.9 Å². The van der Waals surface area contributed by atoms with Gasteiger partial charge in [-0.25, -0.2) is 0 Å². The Morgan fingerprint density at radius 2 is 2.12 bits per heavy atom. The number of aryl methyl sites for hydroxylation is 1. The fraction of sp³-hybridized carbons (Fsp3) is 0.538. The summed E-state index contributed by atoms with van der Waals surface area (Å²) in [5.74, 6) is 0.872. The zero-order valence-electron chi connectivity index (χ0n) is 10.3. The van der Waals surface area contributed by atoms with Crippen LogP contribution in [0.5, 0.6) is 5.75 Å². The van der Waals surface area contributed by atoms with Crippen molar-refractivity contribution in [1.82, 2.24) is 0 Å². The topological polar surface area (TPSA) is 44.5 Å². The molecule has 0 aliphatic carbocycles. The largest absolute Gasteiger partial charge is 0.467 e. The van der Waals surface area contributed by atoms with Crippen molar-refractivity contribution in [2.24, 2.45) is 5.73 Å². The summed E-state index contributed by atoms with van der Waals surface area (Å²) in [5, 5.41) is 0. The maximum Gasteiger partial charge on any atom is 0.188 e. The molecule has 0 heterocycles. The Balaban J connectivity index is 2.80. The summed E-state index contributed by atoms with van der Waals surface area (Å²) in [7, 11) is 1.62. The average Bonchev–Trinajstić information content (AvgIpc) is 2.28. The zero-order chi connectivity index (χ0) is 12.0. The second kappa shape index (κ2) is 6.51. The maximum absolute atomic E-state index is 5.97. The highest BCUT2D eigenvalue weighted by atomic mass is 16.7. The number of benzene rings is 1. The van der Waals surface area contributed by atoms with Crippen LogP contribution in [0.15, 0.2) is 18.2 Å². The van der Waals surface area contributed by atoms with Crippen LogP contribution in [0.1, 0.15) is 24.5 Å². The predicted molar refractivity (Wildman–Crippen MR) is 65.7 cm³/mol. The first-order chi connectivity index (χ1) is 7.67. The summed E-state index contributed by atoms with van der Waals surface area (Å²) in [4.78, 5) is 0. The van der Waals surface area contributed by atoms with Gasteiger partial charge in [-0.1, -0.05) is 24.6 Å². The molecule has 0 spiro atoms. The Bertz CT molecular complexity index is 326. The van der Waals surface area contributed by atoms with E-state index in [0.29, 0.717) is 0 Å². The summed E-state index contributed by atoms with van der Waals surface area (Å²) in [5.41, 5.74) is 8.35. The van der Waals surface area contributed by atoms with E-state index in [9.17, 15) is 0 Å². The standard InChI is InChI=1S/C13H21NO2/c1-4-12(14)8-11-7-10(2)5-6-13(11)16-9-15-3/h5-7,12H,4,8-9,14H2,1-3H3. The van der Waals surface area contributed by atoms with Gasteiger partial charge in [-0.15, -0.1) is 0 Å². The lowest BCUT2D eigenvalue weighted by molar-refractivity contribution is 0.0503. The lowest BCUT2D eigenvalue weighted by Crippen LogP contribution is -2.21. The Labute approximate surface area is 97.6 Å². The van der Waals surface area contributed by atoms with Crippen molar-refractivity contribution in [2.75, 3.05) is 13.9 Å². The van der Waals surface area contributed by atoms with Gasteiger partial charge in [-0.3, -0.25) is 0 Å². The second-order valence-corrected chi connectivity index (χ2v) is 4.03. The number of methoxy groups -OCH3 is 1. The number of ether oxygens (including phenoxy) is 2. The molecular weight excluding hydrogens is 202 g/mol. The summed E-state index contributed by atoms with van der Waals surface area (Å²) < 4.78 is 10.4. The van der Waals surface area contributed by atoms with E-state index >= 15 is 0 Å². The van der Waals surface area contributed by atoms with Gasteiger partial charge in [0.05, 0.1) is 0 Å². The molecule has 1 aromatic carbocycles. The van der Waals surface area contributed by atoms with Crippen LogP contribution in [0.4, 0.5) is 0 Å². The average molecular weight is 223 g/mol. The first-order valence-corrected chi connectivity index (χ1v) is 5.64. The van der Waals surface area contributed by atoms with Gasteiger partial charge >= 0.3 is 0 Å². The van der Waals surface area contributed by atoms with Crippen LogP contribution in [-0.4, -0.2) is 19.9 Å². The van der Waals surface area contributed by atoms with Crippen molar-refractivity contribution < 1.29 is 9.47 Å². The molecule has 16 heavy (non-hydrogen) atoms. The molecule has 1 aromatic rings. The first kappa shape index (κ1) is 13.0. The van der Waals surface area contributed by atoms with Crippen LogP contribution in [-0.2, 0) is 11.2 Å². The van der Waals surface area contributed by atoms with Crippen LogP contribution in [0, 0.1) is 6.92 Å². The molecule has 90 valence electrons. The second-order valence-electron chi connectivity index (χ2n) is 4.03. The predicted octanol–water partition coefficient (Wildman–Crippen LogP) is 2.26. The Morgan fingerprint density at radius 3 is 2.75 bits per heavy atom. The third-order valence-corrected chi connectivity index (χ3v) is 2.55. The molecule has 0 fully saturated rings. The minimum Gasteiger partial charge on any atom is -0.467 e. The fourth-order valence-electron chi connectivity index (χ4n) is 1.56. The monoisotopic (exact) mass is 223 g/mol. The quantitative estimate of drug-likeness (QED) is 0.752. The molecule has 1 rings (SSSR count). The number of hydrogen-bond donors (Lipinski definition) is 1. The third kappa shape index (κ3) is 3.83. The molecule has 1 atom stereocenters. The van der Waals surface area contributed by atoms with E-state index < -0.39 is 0 Å². The van der Waals surface area contributed by atoms with Crippen LogP contribution < -0.4 is 10.5 Å². The van der Waals surface area contributed by atoms with E-state index in [1.165, 1.54) is 5.56 Å². The molecule has 1 unspecified atom stereocenters. The van der Waals surface area contributed by atoms with Gasteiger partial charge in [0.2, 0.25) is 0 Å². The van der Waals surface area contributed by atoms with Gasteiger partial charge in [0, 0.05) is 13.2 Å². The summed E-state index contributed by atoms with van der Waals surface area (Å²) >= 11 is 0. The normalized spacial score (nSPS) is 12.5. The molecule has 0 amide bonds. The summed E-state index contributed by atoms with van der Waals surface area (Å²) in [6.07, 6.45) is 1.81. The van der Waals surface area contributed by atoms with Crippen molar-refractivity contribution in [3.05, 3.63) is 29.3 Å². The van der Waals surface area contributed by atoms with Gasteiger partial charge in [0.25, 0.3) is 0 Å². The van der Waals surface area contributed by atoms with Crippen molar-refractivity contribution >= 4 is 0 Å². The summed E-state index contributed by atoms with van der Waals surface area (Å²) in [6, 6.07) is 6.32. The van der Waals surface area contributed by atoms with E-state index in [1.807, 2.05) is 12.1 Å². The molecule has 0 bridgehead atoms. The minimum absolute atomic E-state index is 0.187. The maximum atomic E-state index is 5.97. The fourth-order valence-corrected chi connectivity index (χ4v) is 1.56. The highest BCUT2D eigenvalue weighted by molar-refractivity contribution is 5.37. The number of hydrogen-bond acceptors (Lipinski definition) is 3. The van der Waals surface area contributed by atoms with Gasteiger partial charge in [0.1, 0.15) is 5.75 Å². The molecule has 0 aliphatic heterocycles. The van der Waals surface area contributed by atoms with E-state index in [-0.39, 0.29) is 12.8 Å². The van der Waals surface area contributed by atoms with Gasteiger partial charge < -0.3 is 15.2 Å². The zero-order valence-corrected chi connectivity index (χ0v) is 10.3. The van der Waals surface area contributed by atoms with Crippen LogP contribution in [0.2, 0.25) is 0 Å². The van der Waals surface area contributed by atoms with E-state index in [0.717, 1.165) is 24.2 Å². The van der Waals surface area contributed by atoms with Crippen LogP contribution in [0.25, 0.3) is 0 Å².